The predicted octanol–water partition coefficient (Wildman–Crippen LogP) is 4.96. The number of benzene rings is 1. The van der Waals surface area contributed by atoms with Crippen LogP contribution in [0.1, 0.15) is 57.9 Å². The van der Waals surface area contributed by atoms with Gasteiger partial charge >= 0.3 is 0 Å². The molecule has 1 aromatic carbocycles. The molecule has 0 N–H and O–H groups in total. The minimum atomic E-state index is -0.0874. The van der Waals surface area contributed by atoms with Gasteiger partial charge in [-0.1, -0.05) is 51.2 Å². The van der Waals surface area contributed by atoms with Gasteiger partial charge in [0.05, 0.1) is 0 Å². The molecule has 0 aliphatic heterocycles. The second-order valence-electron chi connectivity index (χ2n) is 5.74. The molecule has 0 radical (unpaired) electrons. The van der Waals surface area contributed by atoms with Gasteiger partial charge in [0, 0.05) is 13.0 Å². The quantitative estimate of drug-likeness (QED) is 0.655. The molecule has 0 heterocycles. The van der Waals surface area contributed by atoms with Crippen molar-refractivity contribution in [3.63, 3.8) is 0 Å². The first-order valence-corrected chi connectivity index (χ1v) is 8.19. The molecule has 2 heteroatoms. The Morgan fingerprint density at radius 3 is 2.35 bits per heavy atom. The van der Waals surface area contributed by atoms with E-state index in [9.17, 15) is 0 Å². The summed E-state index contributed by atoms with van der Waals surface area (Å²) in [6.45, 7) is 4.92. The van der Waals surface area contributed by atoms with Gasteiger partial charge in [-0.15, -0.1) is 0 Å². The van der Waals surface area contributed by atoms with Crippen LogP contribution in [0.3, 0.4) is 0 Å². The van der Waals surface area contributed by atoms with E-state index in [4.69, 9.17) is 9.47 Å². The zero-order valence-electron chi connectivity index (χ0n) is 12.9. The third kappa shape index (κ3) is 4.82. The van der Waals surface area contributed by atoms with Crippen LogP contribution in [0, 0.1) is 5.92 Å². The first kappa shape index (κ1) is 15.4. The molecule has 1 aromatic rings. The summed E-state index contributed by atoms with van der Waals surface area (Å²) in [6.07, 6.45) is 8.82. The van der Waals surface area contributed by atoms with Crippen molar-refractivity contribution in [1.29, 1.82) is 0 Å². The average molecular weight is 276 g/mol. The van der Waals surface area contributed by atoms with E-state index in [0.29, 0.717) is 6.61 Å². The van der Waals surface area contributed by atoms with Crippen molar-refractivity contribution in [2.24, 2.45) is 5.92 Å². The summed E-state index contributed by atoms with van der Waals surface area (Å²) in [7, 11) is 0. The van der Waals surface area contributed by atoms with Crippen molar-refractivity contribution >= 4 is 0 Å². The fourth-order valence-electron chi connectivity index (χ4n) is 2.99. The van der Waals surface area contributed by atoms with E-state index in [0.717, 1.165) is 24.5 Å². The molecule has 1 aliphatic rings. The Morgan fingerprint density at radius 2 is 1.75 bits per heavy atom. The highest BCUT2D eigenvalue weighted by atomic mass is 16.7. The van der Waals surface area contributed by atoms with Crippen LogP contribution in [-0.2, 0) is 11.2 Å². The average Bonchev–Trinajstić information content (AvgIpc) is 2.49. The largest absolute Gasteiger partial charge is 0.465 e. The highest BCUT2D eigenvalue weighted by molar-refractivity contribution is 5.27. The topological polar surface area (TPSA) is 18.5 Å². The van der Waals surface area contributed by atoms with Crippen LogP contribution < -0.4 is 4.74 Å². The molecular formula is C18H28O2. The number of hydrogen-bond acceptors (Lipinski definition) is 2. The van der Waals surface area contributed by atoms with E-state index in [2.05, 4.69) is 31.2 Å². The van der Waals surface area contributed by atoms with Crippen LogP contribution in [0.4, 0.5) is 0 Å². The molecule has 1 fully saturated rings. The van der Waals surface area contributed by atoms with Crippen LogP contribution in [0.25, 0.3) is 0 Å². The molecule has 1 unspecified atom stereocenters. The smallest absolute Gasteiger partial charge is 0.200 e. The van der Waals surface area contributed by atoms with Gasteiger partial charge in [0.25, 0.3) is 0 Å². The molecule has 0 spiro atoms. The maximum Gasteiger partial charge on any atom is 0.200 e. The van der Waals surface area contributed by atoms with Crippen LogP contribution >= 0.6 is 0 Å². The first-order chi connectivity index (χ1) is 9.81. The molecule has 2 rings (SSSR count). The molecule has 1 aliphatic carbocycles. The minimum absolute atomic E-state index is 0.0874. The predicted molar refractivity (Wildman–Crippen MR) is 83.1 cm³/mol. The SMILES string of the molecule is CCOC(CC1CCCCC1)Oc1ccc(CC)cc1. The van der Waals surface area contributed by atoms with Crippen LogP contribution in [-0.4, -0.2) is 12.9 Å². The minimum Gasteiger partial charge on any atom is -0.465 e. The Bertz CT molecular complexity index is 366. The molecule has 20 heavy (non-hydrogen) atoms. The van der Waals surface area contributed by atoms with Gasteiger partial charge in [0.15, 0.2) is 6.29 Å². The number of hydrogen-bond donors (Lipinski definition) is 0. The van der Waals surface area contributed by atoms with Crippen molar-refractivity contribution in [2.45, 2.75) is 65.1 Å². The van der Waals surface area contributed by atoms with Crippen LogP contribution in [0.15, 0.2) is 24.3 Å². The summed E-state index contributed by atoms with van der Waals surface area (Å²) in [5, 5.41) is 0. The molecule has 112 valence electrons. The molecule has 0 aromatic heterocycles. The fraction of sp³-hybridized carbons (Fsp3) is 0.667. The van der Waals surface area contributed by atoms with Crippen LogP contribution in [0.5, 0.6) is 5.75 Å². The van der Waals surface area contributed by atoms with Gasteiger partial charge < -0.3 is 9.47 Å². The lowest BCUT2D eigenvalue weighted by Gasteiger charge is -2.26. The summed E-state index contributed by atoms with van der Waals surface area (Å²) < 4.78 is 11.8. The molecule has 0 saturated heterocycles. The third-order valence-corrected chi connectivity index (χ3v) is 4.20. The highest BCUT2D eigenvalue weighted by Gasteiger charge is 2.20. The van der Waals surface area contributed by atoms with E-state index < -0.39 is 0 Å². The molecule has 1 atom stereocenters. The summed E-state index contributed by atoms with van der Waals surface area (Å²) in [5.41, 5.74) is 1.34. The van der Waals surface area contributed by atoms with Gasteiger partial charge in [-0.3, -0.25) is 0 Å². The zero-order chi connectivity index (χ0) is 14.2. The standard InChI is InChI=1S/C18H28O2/c1-3-15-10-12-17(13-11-15)20-18(19-4-2)14-16-8-6-5-7-9-16/h10-13,16,18H,3-9,14H2,1-2H3. The molecule has 0 amide bonds. The number of ether oxygens (including phenoxy) is 2. The van der Waals surface area contributed by atoms with E-state index in [1.807, 2.05) is 6.92 Å². The normalized spacial score (nSPS) is 17.9. The van der Waals surface area contributed by atoms with Gasteiger partial charge in [0.2, 0.25) is 0 Å². The Labute approximate surface area is 123 Å². The summed E-state index contributed by atoms with van der Waals surface area (Å²) >= 11 is 0. The summed E-state index contributed by atoms with van der Waals surface area (Å²) in [4.78, 5) is 0. The summed E-state index contributed by atoms with van der Waals surface area (Å²) in [6, 6.07) is 8.40. The lowest BCUT2D eigenvalue weighted by Crippen LogP contribution is -2.25. The van der Waals surface area contributed by atoms with Gasteiger partial charge in [-0.25, -0.2) is 0 Å². The third-order valence-electron chi connectivity index (χ3n) is 4.20. The molecule has 2 nitrogen and oxygen atoms in total. The lowest BCUT2D eigenvalue weighted by molar-refractivity contribution is -0.0902. The Balaban J connectivity index is 1.89. The van der Waals surface area contributed by atoms with Gasteiger partial charge in [-0.2, -0.15) is 0 Å². The zero-order valence-corrected chi connectivity index (χ0v) is 12.9. The first-order valence-electron chi connectivity index (χ1n) is 8.19. The van der Waals surface area contributed by atoms with E-state index in [1.54, 1.807) is 0 Å². The van der Waals surface area contributed by atoms with Crippen molar-refractivity contribution in [1.82, 2.24) is 0 Å². The van der Waals surface area contributed by atoms with Crippen molar-refractivity contribution < 1.29 is 9.47 Å². The van der Waals surface area contributed by atoms with E-state index in [-0.39, 0.29) is 6.29 Å². The van der Waals surface area contributed by atoms with Crippen LogP contribution in [0.2, 0.25) is 0 Å². The van der Waals surface area contributed by atoms with Crippen molar-refractivity contribution in [3.8, 4) is 5.75 Å². The Hall–Kier alpha value is -1.02. The van der Waals surface area contributed by atoms with E-state index >= 15 is 0 Å². The fourth-order valence-corrected chi connectivity index (χ4v) is 2.99. The molecule has 1 saturated carbocycles. The molecule has 0 bridgehead atoms. The van der Waals surface area contributed by atoms with Gasteiger partial charge in [0.1, 0.15) is 5.75 Å². The van der Waals surface area contributed by atoms with E-state index in [1.165, 1.54) is 37.7 Å². The van der Waals surface area contributed by atoms with Crippen molar-refractivity contribution in [3.05, 3.63) is 29.8 Å². The number of rotatable bonds is 7. The highest BCUT2D eigenvalue weighted by Crippen LogP contribution is 2.29. The lowest BCUT2D eigenvalue weighted by atomic mass is 9.87. The maximum atomic E-state index is 6.03. The second kappa shape index (κ2) is 8.31. The maximum absolute atomic E-state index is 6.03. The van der Waals surface area contributed by atoms with Crippen molar-refractivity contribution in [2.75, 3.05) is 6.61 Å². The Kier molecular flexibility index (Phi) is 6.38. The monoisotopic (exact) mass is 276 g/mol. The number of aryl methyl sites for hydroxylation is 1. The molecular weight excluding hydrogens is 248 g/mol. The second-order valence-corrected chi connectivity index (χ2v) is 5.74. The summed E-state index contributed by atoms with van der Waals surface area (Å²) in [5.74, 6) is 1.70. The Morgan fingerprint density at radius 1 is 1.05 bits per heavy atom. The van der Waals surface area contributed by atoms with Gasteiger partial charge in [-0.05, 0) is 37.0 Å².